The maximum Gasteiger partial charge on any atom is 0.242 e. The molecule has 21 heavy (non-hydrogen) atoms. The summed E-state index contributed by atoms with van der Waals surface area (Å²) < 4.78 is 0. The predicted octanol–water partition coefficient (Wildman–Crippen LogP) is 2.21. The van der Waals surface area contributed by atoms with Gasteiger partial charge in [-0.2, -0.15) is 0 Å². The topological polar surface area (TPSA) is 78.9 Å². The smallest absolute Gasteiger partial charge is 0.242 e. The highest BCUT2D eigenvalue weighted by Gasteiger charge is 2.15. The van der Waals surface area contributed by atoms with Crippen LogP contribution in [0.4, 0.5) is 11.6 Å². The SMILES string of the molecule is CNc1cc(NC(C)C(=O)NCC(C)C)nc(C(C)C)n1. The number of nitrogens with one attached hydrogen (secondary N) is 3. The van der Waals surface area contributed by atoms with Crippen LogP contribution in [0.25, 0.3) is 0 Å². The van der Waals surface area contributed by atoms with E-state index in [0.717, 1.165) is 11.6 Å². The van der Waals surface area contributed by atoms with Gasteiger partial charge in [-0.25, -0.2) is 9.97 Å². The third-order valence-electron chi connectivity index (χ3n) is 2.96. The van der Waals surface area contributed by atoms with E-state index < -0.39 is 0 Å². The molecule has 1 rings (SSSR count). The molecule has 3 N–H and O–H groups in total. The van der Waals surface area contributed by atoms with Gasteiger partial charge in [0.25, 0.3) is 0 Å². The molecule has 0 aliphatic heterocycles. The molecule has 0 aliphatic rings. The quantitative estimate of drug-likeness (QED) is 0.718. The molecule has 0 spiro atoms. The van der Waals surface area contributed by atoms with Crippen LogP contribution in [-0.4, -0.2) is 35.5 Å². The molecule has 1 aromatic heterocycles. The molecule has 1 aromatic rings. The molecule has 6 heteroatoms. The summed E-state index contributed by atoms with van der Waals surface area (Å²) >= 11 is 0. The van der Waals surface area contributed by atoms with Crippen molar-refractivity contribution in [2.75, 3.05) is 24.2 Å². The second-order valence-electron chi connectivity index (χ2n) is 5.91. The van der Waals surface area contributed by atoms with E-state index in [1.165, 1.54) is 0 Å². The van der Waals surface area contributed by atoms with Crippen LogP contribution in [0.15, 0.2) is 6.07 Å². The molecular formula is C15H27N5O. The van der Waals surface area contributed by atoms with Crippen LogP contribution in [0.2, 0.25) is 0 Å². The normalized spacial score (nSPS) is 12.4. The van der Waals surface area contributed by atoms with Gasteiger partial charge in [-0.3, -0.25) is 4.79 Å². The monoisotopic (exact) mass is 293 g/mol. The lowest BCUT2D eigenvalue weighted by atomic mass is 10.2. The minimum atomic E-state index is -0.344. The second-order valence-corrected chi connectivity index (χ2v) is 5.91. The summed E-state index contributed by atoms with van der Waals surface area (Å²) in [5.41, 5.74) is 0. The van der Waals surface area contributed by atoms with Crippen molar-refractivity contribution in [3.63, 3.8) is 0 Å². The fourth-order valence-electron chi connectivity index (χ4n) is 1.67. The summed E-state index contributed by atoms with van der Waals surface area (Å²) in [5, 5.41) is 9.05. The Bertz CT molecular complexity index is 473. The first-order chi connectivity index (χ1) is 9.83. The van der Waals surface area contributed by atoms with Crippen molar-refractivity contribution < 1.29 is 4.79 Å². The average Bonchev–Trinajstić information content (AvgIpc) is 2.43. The lowest BCUT2D eigenvalue weighted by Crippen LogP contribution is -2.39. The largest absolute Gasteiger partial charge is 0.373 e. The molecule has 0 fully saturated rings. The zero-order chi connectivity index (χ0) is 16.0. The van der Waals surface area contributed by atoms with Crippen molar-refractivity contribution in [2.45, 2.75) is 46.6 Å². The van der Waals surface area contributed by atoms with Crippen LogP contribution in [0.3, 0.4) is 0 Å². The van der Waals surface area contributed by atoms with Gasteiger partial charge in [-0.1, -0.05) is 27.7 Å². The first-order valence-electron chi connectivity index (χ1n) is 7.44. The molecule has 0 aliphatic carbocycles. The summed E-state index contributed by atoms with van der Waals surface area (Å²) in [4.78, 5) is 20.8. The Morgan fingerprint density at radius 2 is 1.76 bits per heavy atom. The summed E-state index contributed by atoms with van der Waals surface area (Å²) in [6, 6.07) is 1.46. The Balaban J connectivity index is 2.77. The van der Waals surface area contributed by atoms with E-state index in [-0.39, 0.29) is 17.9 Å². The molecule has 0 bridgehead atoms. The standard InChI is InChI=1S/C15H27N5O/c1-9(2)8-17-15(21)11(5)18-13-7-12(16-6)19-14(20-13)10(3)4/h7,9-11H,8H2,1-6H3,(H,17,21)(H2,16,18,19,20). The predicted molar refractivity (Wildman–Crippen MR) is 86.6 cm³/mol. The molecule has 0 radical (unpaired) electrons. The van der Waals surface area contributed by atoms with Crippen molar-refractivity contribution in [2.24, 2.45) is 5.92 Å². The summed E-state index contributed by atoms with van der Waals surface area (Å²) in [6.45, 7) is 10.7. The minimum Gasteiger partial charge on any atom is -0.373 e. The molecule has 1 heterocycles. The maximum absolute atomic E-state index is 12.0. The number of anilines is 2. The third kappa shape index (κ3) is 5.57. The lowest BCUT2D eigenvalue weighted by Gasteiger charge is -2.17. The third-order valence-corrected chi connectivity index (χ3v) is 2.96. The Labute approximate surface area is 127 Å². The van der Waals surface area contributed by atoms with Gasteiger partial charge in [0.2, 0.25) is 5.91 Å². The van der Waals surface area contributed by atoms with Gasteiger partial charge in [0.05, 0.1) is 0 Å². The van der Waals surface area contributed by atoms with E-state index in [4.69, 9.17) is 0 Å². The van der Waals surface area contributed by atoms with Crippen molar-refractivity contribution in [1.29, 1.82) is 0 Å². The van der Waals surface area contributed by atoms with Crippen LogP contribution in [0.5, 0.6) is 0 Å². The second kappa shape index (κ2) is 7.81. The Morgan fingerprint density at radius 3 is 2.29 bits per heavy atom. The van der Waals surface area contributed by atoms with Crippen molar-refractivity contribution >= 4 is 17.5 Å². The van der Waals surface area contributed by atoms with E-state index >= 15 is 0 Å². The van der Waals surface area contributed by atoms with E-state index in [1.807, 2.05) is 27.8 Å². The molecule has 1 unspecified atom stereocenters. The van der Waals surface area contributed by atoms with E-state index in [0.29, 0.717) is 18.3 Å². The van der Waals surface area contributed by atoms with Crippen LogP contribution in [0, 0.1) is 5.92 Å². The van der Waals surface area contributed by atoms with E-state index in [1.54, 1.807) is 6.07 Å². The molecule has 6 nitrogen and oxygen atoms in total. The number of rotatable bonds is 7. The number of carbonyl (C=O) groups excluding carboxylic acids is 1. The highest BCUT2D eigenvalue weighted by molar-refractivity contribution is 5.83. The Morgan fingerprint density at radius 1 is 1.14 bits per heavy atom. The summed E-state index contributed by atoms with van der Waals surface area (Å²) in [6.07, 6.45) is 0. The molecule has 1 amide bonds. The molecule has 118 valence electrons. The highest BCUT2D eigenvalue weighted by atomic mass is 16.2. The van der Waals surface area contributed by atoms with Gasteiger partial charge < -0.3 is 16.0 Å². The van der Waals surface area contributed by atoms with Crippen LogP contribution >= 0.6 is 0 Å². The van der Waals surface area contributed by atoms with Gasteiger partial charge >= 0.3 is 0 Å². The van der Waals surface area contributed by atoms with E-state index in [9.17, 15) is 4.79 Å². The zero-order valence-electron chi connectivity index (χ0n) is 13.8. The lowest BCUT2D eigenvalue weighted by molar-refractivity contribution is -0.121. The van der Waals surface area contributed by atoms with Crippen molar-refractivity contribution in [1.82, 2.24) is 15.3 Å². The first kappa shape index (κ1) is 17.2. The Hall–Kier alpha value is -1.85. The number of carbonyl (C=O) groups is 1. The number of amides is 1. The highest BCUT2D eigenvalue weighted by Crippen LogP contribution is 2.17. The van der Waals surface area contributed by atoms with Crippen LogP contribution in [0.1, 0.15) is 46.4 Å². The average molecular weight is 293 g/mol. The van der Waals surface area contributed by atoms with Gasteiger partial charge in [-0.15, -0.1) is 0 Å². The fourth-order valence-corrected chi connectivity index (χ4v) is 1.67. The zero-order valence-corrected chi connectivity index (χ0v) is 13.8. The van der Waals surface area contributed by atoms with Gasteiger partial charge in [0, 0.05) is 25.6 Å². The molecule has 1 atom stereocenters. The first-order valence-corrected chi connectivity index (χ1v) is 7.44. The van der Waals surface area contributed by atoms with Gasteiger partial charge in [0.15, 0.2) is 0 Å². The molecule has 0 aromatic carbocycles. The van der Waals surface area contributed by atoms with E-state index in [2.05, 4.69) is 39.8 Å². The van der Waals surface area contributed by atoms with Crippen molar-refractivity contribution in [3.05, 3.63) is 11.9 Å². The summed E-state index contributed by atoms with van der Waals surface area (Å²) in [5.74, 6) is 2.78. The fraction of sp³-hybridized carbons (Fsp3) is 0.667. The summed E-state index contributed by atoms with van der Waals surface area (Å²) in [7, 11) is 1.81. The Kier molecular flexibility index (Phi) is 6.39. The van der Waals surface area contributed by atoms with Crippen molar-refractivity contribution in [3.8, 4) is 0 Å². The maximum atomic E-state index is 12.0. The molecular weight excluding hydrogens is 266 g/mol. The number of nitrogens with zero attached hydrogens (tertiary/aromatic N) is 2. The van der Waals surface area contributed by atoms with Crippen LogP contribution < -0.4 is 16.0 Å². The number of aromatic nitrogens is 2. The number of hydrogen-bond acceptors (Lipinski definition) is 5. The van der Waals surface area contributed by atoms with Crippen LogP contribution in [-0.2, 0) is 4.79 Å². The molecule has 0 saturated heterocycles. The van der Waals surface area contributed by atoms with Gasteiger partial charge in [0.1, 0.15) is 23.5 Å². The molecule has 0 saturated carbocycles. The number of hydrogen-bond donors (Lipinski definition) is 3. The minimum absolute atomic E-state index is 0.0283. The van der Waals surface area contributed by atoms with Gasteiger partial charge in [-0.05, 0) is 12.8 Å².